The molecule has 0 aliphatic heterocycles. The van der Waals surface area contributed by atoms with Crippen LogP contribution >= 0.6 is 10.7 Å². The van der Waals surface area contributed by atoms with Gasteiger partial charge in [0.2, 0.25) is 0 Å². The van der Waals surface area contributed by atoms with Crippen molar-refractivity contribution in [1.82, 2.24) is 0 Å². The molecule has 0 aromatic heterocycles. The molecule has 0 spiro atoms. The maximum atomic E-state index is 11.0. The molecule has 0 aliphatic rings. The van der Waals surface area contributed by atoms with Crippen molar-refractivity contribution >= 4 is 31.1 Å². The molecule has 1 aromatic rings. The highest BCUT2D eigenvalue weighted by Gasteiger charge is 2.13. The number of hydrogen-bond donors (Lipinski definition) is 1. The summed E-state index contributed by atoms with van der Waals surface area (Å²) in [5.41, 5.74) is 0.529. The summed E-state index contributed by atoms with van der Waals surface area (Å²) in [6.07, 6.45) is 0. The summed E-state index contributed by atoms with van der Waals surface area (Å²) in [5, 5.41) is 0. The van der Waals surface area contributed by atoms with Crippen molar-refractivity contribution in [2.24, 2.45) is 0 Å². The Kier molecular flexibility index (Phi) is 3.72. The second-order valence-corrected chi connectivity index (χ2v) is 5.83. The summed E-state index contributed by atoms with van der Waals surface area (Å²) in [6.45, 7) is 1.60. The Hall–Kier alpha value is -0.630. The summed E-state index contributed by atoms with van der Waals surface area (Å²) in [7, 11) is 1.23. The van der Waals surface area contributed by atoms with Crippen LogP contribution in [0.4, 0.5) is 0 Å². The Labute approximate surface area is 93.9 Å². The summed E-state index contributed by atoms with van der Waals surface area (Å²) < 4.78 is 45.3. The molecule has 84 valence electrons. The van der Waals surface area contributed by atoms with Crippen molar-refractivity contribution in [2.45, 2.75) is 11.8 Å². The van der Waals surface area contributed by atoms with Crippen molar-refractivity contribution in [3.05, 3.63) is 23.8 Å². The molecule has 0 saturated carbocycles. The van der Waals surface area contributed by atoms with Gasteiger partial charge in [-0.05, 0) is 18.6 Å². The Morgan fingerprint density at radius 2 is 2.07 bits per heavy atom. The summed E-state index contributed by atoms with van der Waals surface area (Å²) in [5.74, 6) is -0.00226. The number of benzene rings is 1. The smallest absolute Gasteiger partial charge is 0.357 e. The van der Waals surface area contributed by atoms with E-state index >= 15 is 0 Å². The van der Waals surface area contributed by atoms with Crippen LogP contribution in [-0.2, 0) is 20.4 Å². The molecule has 0 heterocycles. The molecular formula is C7H7ClO5S2. The van der Waals surface area contributed by atoms with Crippen molar-refractivity contribution in [3.63, 3.8) is 0 Å². The average Bonchev–Trinajstić information content (AvgIpc) is 2.06. The zero-order chi connectivity index (χ0) is 11.6. The average molecular weight is 271 g/mol. The molecule has 1 N–H and O–H groups in total. The molecule has 1 unspecified atom stereocenters. The Balaban J connectivity index is 3.23. The van der Waals surface area contributed by atoms with Crippen LogP contribution in [0.3, 0.4) is 0 Å². The fraction of sp³-hybridized carbons (Fsp3) is 0.143. The van der Waals surface area contributed by atoms with E-state index < -0.39 is 20.4 Å². The van der Waals surface area contributed by atoms with E-state index in [1.165, 1.54) is 12.1 Å². The molecule has 0 radical (unpaired) electrons. The minimum Gasteiger partial charge on any atom is -0.380 e. The molecule has 0 fully saturated rings. The number of aryl methyl sites for hydroxylation is 1. The first-order valence-electron chi connectivity index (χ1n) is 3.65. The summed E-state index contributed by atoms with van der Waals surface area (Å²) >= 11 is -2.50. The van der Waals surface area contributed by atoms with E-state index in [-0.39, 0.29) is 10.6 Å². The summed E-state index contributed by atoms with van der Waals surface area (Å²) in [6, 6.07) is 3.80. The molecule has 0 saturated heterocycles. The maximum absolute atomic E-state index is 11.0. The van der Waals surface area contributed by atoms with Gasteiger partial charge >= 0.3 is 11.4 Å². The third-order valence-corrected chi connectivity index (χ3v) is 3.28. The molecule has 1 atom stereocenters. The molecule has 0 aliphatic carbocycles. The predicted molar refractivity (Wildman–Crippen MR) is 55.6 cm³/mol. The van der Waals surface area contributed by atoms with Crippen LogP contribution in [0.25, 0.3) is 0 Å². The van der Waals surface area contributed by atoms with Gasteiger partial charge in [0.1, 0.15) is 5.75 Å². The fourth-order valence-corrected chi connectivity index (χ4v) is 2.00. The van der Waals surface area contributed by atoms with E-state index in [0.717, 1.165) is 6.07 Å². The molecule has 0 amide bonds. The first kappa shape index (κ1) is 12.4. The van der Waals surface area contributed by atoms with Gasteiger partial charge in [0.05, 0.1) is 4.90 Å². The minimum absolute atomic E-state index is 0.00226. The van der Waals surface area contributed by atoms with Gasteiger partial charge in [-0.25, -0.2) is 8.42 Å². The van der Waals surface area contributed by atoms with Crippen LogP contribution in [0.2, 0.25) is 0 Å². The molecule has 15 heavy (non-hydrogen) atoms. The minimum atomic E-state index is -3.87. The van der Waals surface area contributed by atoms with Crippen LogP contribution in [-0.4, -0.2) is 17.2 Å². The van der Waals surface area contributed by atoms with Gasteiger partial charge in [-0.3, -0.25) is 4.55 Å². The first-order valence-corrected chi connectivity index (χ1v) is 6.99. The highest BCUT2D eigenvalue weighted by molar-refractivity contribution is 8.13. The van der Waals surface area contributed by atoms with Gasteiger partial charge in [0.25, 0.3) is 9.05 Å². The largest absolute Gasteiger partial charge is 0.380 e. The number of rotatable bonds is 3. The SMILES string of the molecule is Cc1ccc(S(=O)(=O)Cl)cc1OS(=O)O. The van der Waals surface area contributed by atoms with E-state index in [4.69, 9.17) is 15.2 Å². The van der Waals surface area contributed by atoms with Crippen molar-refractivity contribution < 1.29 is 21.4 Å². The zero-order valence-electron chi connectivity index (χ0n) is 7.51. The van der Waals surface area contributed by atoms with E-state index in [2.05, 4.69) is 4.18 Å². The molecule has 0 bridgehead atoms. The highest BCUT2D eigenvalue weighted by atomic mass is 35.7. The lowest BCUT2D eigenvalue weighted by Crippen LogP contribution is -2.00. The lowest BCUT2D eigenvalue weighted by molar-refractivity contribution is 0.455. The van der Waals surface area contributed by atoms with Crippen LogP contribution in [0, 0.1) is 6.92 Å². The second-order valence-electron chi connectivity index (χ2n) is 2.67. The van der Waals surface area contributed by atoms with E-state index in [9.17, 15) is 12.6 Å². The van der Waals surface area contributed by atoms with Crippen LogP contribution in [0.15, 0.2) is 23.1 Å². The Morgan fingerprint density at radius 3 is 2.53 bits per heavy atom. The number of halogens is 1. The molecule has 5 nitrogen and oxygen atoms in total. The molecule has 1 aromatic carbocycles. The zero-order valence-corrected chi connectivity index (χ0v) is 9.90. The van der Waals surface area contributed by atoms with E-state index in [1.54, 1.807) is 6.92 Å². The highest BCUT2D eigenvalue weighted by Crippen LogP contribution is 2.24. The van der Waals surface area contributed by atoms with Crippen LogP contribution < -0.4 is 4.18 Å². The maximum Gasteiger partial charge on any atom is 0.357 e. The second kappa shape index (κ2) is 4.48. The topological polar surface area (TPSA) is 80.7 Å². The normalized spacial score (nSPS) is 13.5. The van der Waals surface area contributed by atoms with Crippen molar-refractivity contribution in [1.29, 1.82) is 0 Å². The molecular weight excluding hydrogens is 264 g/mol. The van der Waals surface area contributed by atoms with E-state index in [0.29, 0.717) is 5.56 Å². The third kappa shape index (κ3) is 3.45. The Morgan fingerprint density at radius 1 is 1.47 bits per heavy atom. The van der Waals surface area contributed by atoms with Crippen molar-refractivity contribution in [2.75, 3.05) is 0 Å². The van der Waals surface area contributed by atoms with E-state index in [1.807, 2.05) is 0 Å². The lowest BCUT2D eigenvalue weighted by Gasteiger charge is -2.05. The van der Waals surface area contributed by atoms with Crippen LogP contribution in [0.5, 0.6) is 5.75 Å². The number of hydrogen-bond acceptors (Lipinski definition) is 4. The van der Waals surface area contributed by atoms with Gasteiger partial charge in [-0.1, -0.05) is 6.07 Å². The molecule has 1 rings (SSSR count). The van der Waals surface area contributed by atoms with Gasteiger partial charge in [-0.2, -0.15) is 4.21 Å². The standard InChI is InChI=1S/C7H7ClO5S2/c1-5-2-3-6(15(8,11)12)4-7(5)13-14(9)10/h2-4H,1H3,(H,9,10). The van der Waals surface area contributed by atoms with Gasteiger partial charge in [0.15, 0.2) is 0 Å². The monoisotopic (exact) mass is 270 g/mol. The fourth-order valence-electron chi connectivity index (χ4n) is 0.899. The lowest BCUT2D eigenvalue weighted by atomic mass is 10.2. The third-order valence-electron chi connectivity index (χ3n) is 1.60. The summed E-state index contributed by atoms with van der Waals surface area (Å²) in [4.78, 5) is -0.185. The first-order chi connectivity index (χ1) is 6.80. The van der Waals surface area contributed by atoms with Gasteiger partial charge in [-0.15, -0.1) is 0 Å². The quantitative estimate of drug-likeness (QED) is 0.664. The van der Waals surface area contributed by atoms with Gasteiger partial charge < -0.3 is 4.18 Å². The molecule has 8 heteroatoms. The van der Waals surface area contributed by atoms with Crippen LogP contribution in [0.1, 0.15) is 5.56 Å². The van der Waals surface area contributed by atoms with Crippen molar-refractivity contribution in [3.8, 4) is 5.75 Å². The van der Waals surface area contributed by atoms with Gasteiger partial charge in [0, 0.05) is 16.7 Å². The Bertz CT molecular complexity index is 496. The predicted octanol–water partition coefficient (Wildman–Crippen LogP) is 1.44.